The summed E-state index contributed by atoms with van der Waals surface area (Å²) in [5.41, 5.74) is 6.50. The molecule has 0 spiro atoms. The van der Waals surface area contributed by atoms with E-state index in [2.05, 4.69) is 72.9 Å². The summed E-state index contributed by atoms with van der Waals surface area (Å²) in [7, 11) is 0. The lowest BCUT2D eigenvalue weighted by molar-refractivity contribution is 0.666. The highest BCUT2D eigenvalue weighted by Gasteiger charge is 2.12. The number of aryl methyl sites for hydroxylation is 3. The molecule has 2 heteroatoms. The maximum Gasteiger partial charge on any atom is 0.144 e. The van der Waals surface area contributed by atoms with E-state index < -0.39 is 0 Å². The Morgan fingerprint density at radius 2 is 1.64 bits per heavy atom. The Bertz CT molecular complexity index is 792. The first-order valence-electron chi connectivity index (χ1n) is 9.40. The molecule has 0 aliphatic heterocycles. The van der Waals surface area contributed by atoms with E-state index in [1.165, 1.54) is 54.5 Å². The lowest BCUT2D eigenvalue weighted by Gasteiger charge is -2.16. The zero-order valence-electron chi connectivity index (χ0n) is 15.6. The third kappa shape index (κ3) is 4.01. The van der Waals surface area contributed by atoms with Gasteiger partial charge in [0.05, 0.1) is 5.69 Å². The number of hydrogen-bond acceptors (Lipinski definition) is 1. The summed E-state index contributed by atoms with van der Waals surface area (Å²) in [5.74, 6) is 1.00. The molecule has 0 radical (unpaired) electrons. The summed E-state index contributed by atoms with van der Waals surface area (Å²) >= 11 is 0. The Hall–Kier alpha value is -2.35. The Kier molecular flexibility index (Phi) is 5.70. The van der Waals surface area contributed by atoms with E-state index >= 15 is 0 Å². The normalized spacial score (nSPS) is 11.0. The second-order valence-electron chi connectivity index (χ2n) is 6.88. The average Bonchev–Trinajstić information content (AvgIpc) is 3.08. The van der Waals surface area contributed by atoms with E-state index in [4.69, 9.17) is 0 Å². The van der Waals surface area contributed by atoms with Crippen LogP contribution in [0.3, 0.4) is 0 Å². The van der Waals surface area contributed by atoms with E-state index in [1.54, 1.807) is 0 Å². The van der Waals surface area contributed by atoms with E-state index in [0.717, 1.165) is 11.4 Å². The molecule has 3 aromatic rings. The van der Waals surface area contributed by atoms with Gasteiger partial charge in [-0.25, -0.2) is 4.98 Å². The van der Waals surface area contributed by atoms with Crippen LogP contribution < -0.4 is 0 Å². The molecular weight excluding hydrogens is 304 g/mol. The van der Waals surface area contributed by atoms with Gasteiger partial charge in [-0.2, -0.15) is 0 Å². The van der Waals surface area contributed by atoms with Crippen molar-refractivity contribution in [1.29, 1.82) is 0 Å². The third-order valence-corrected chi connectivity index (χ3v) is 4.78. The molecule has 0 aliphatic rings. The first kappa shape index (κ1) is 17.5. The average molecular weight is 332 g/mol. The molecule has 3 rings (SSSR count). The van der Waals surface area contributed by atoms with E-state index in [1.807, 2.05) is 12.3 Å². The molecule has 0 atom stereocenters. The van der Waals surface area contributed by atoms with Gasteiger partial charge >= 0.3 is 0 Å². The van der Waals surface area contributed by atoms with Gasteiger partial charge in [0.1, 0.15) is 5.82 Å². The molecule has 0 fully saturated rings. The minimum absolute atomic E-state index is 1.00. The van der Waals surface area contributed by atoms with Crippen molar-refractivity contribution >= 4 is 0 Å². The molecule has 1 heterocycles. The van der Waals surface area contributed by atoms with Crippen LogP contribution in [0.2, 0.25) is 0 Å². The van der Waals surface area contributed by atoms with Crippen molar-refractivity contribution in [2.75, 3.05) is 0 Å². The maximum atomic E-state index is 4.60. The quantitative estimate of drug-likeness (QED) is 0.466. The summed E-state index contributed by atoms with van der Waals surface area (Å²) in [4.78, 5) is 4.60. The predicted octanol–water partition coefficient (Wildman–Crippen LogP) is 6.28. The zero-order valence-corrected chi connectivity index (χ0v) is 15.6. The Morgan fingerprint density at radius 1 is 0.920 bits per heavy atom. The highest BCUT2D eigenvalue weighted by atomic mass is 15.1. The third-order valence-electron chi connectivity index (χ3n) is 4.78. The van der Waals surface area contributed by atoms with Crippen molar-refractivity contribution in [3.63, 3.8) is 0 Å². The number of benzene rings is 2. The van der Waals surface area contributed by atoms with Crippen molar-refractivity contribution in [2.24, 2.45) is 0 Å². The van der Waals surface area contributed by atoms with Crippen LogP contribution in [-0.2, 0) is 6.42 Å². The van der Waals surface area contributed by atoms with Crippen molar-refractivity contribution in [1.82, 2.24) is 9.55 Å². The van der Waals surface area contributed by atoms with Gasteiger partial charge in [-0.15, -0.1) is 0 Å². The smallest absolute Gasteiger partial charge is 0.144 e. The molecule has 1 aromatic heterocycles. The van der Waals surface area contributed by atoms with Crippen LogP contribution in [0.15, 0.2) is 54.9 Å². The molecule has 0 unspecified atom stereocenters. The number of rotatable bonds is 7. The Morgan fingerprint density at radius 3 is 2.32 bits per heavy atom. The van der Waals surface area contributed by atoms with Crippen LogP contribution in [0.25, 0.3) is 17.1 Å². The summed E-state index contributed by atoms with van der Waals surface area (Å²) < 4.78 is 2.22. The monoisotopic (exact) mass is 332 g/mol. The maximum absolute atomic E-state index is 4.60. The van der Waals surface area contributed by atoms with Gasteiger partial charge in [-0.1, -0.05) is 68.7 Å². The van der Waals surface area contributed by atoms with Crippen LogP contribution >= 0.6 is 0 Å². The predicted molar refractivity (Wildman–Crippen MR) is 106 cm³/mol. The lowest BCUT2D eigenvalue weighted by atomic mass is 9.99. The van der Waals surface area contributed by atoms with Gasteiger partial charge in [-0.05, 0) is 43.4 Å². The number of imidazole rings is 1. The van der Waals surface area contributed by atoms with Gasteiger partial charge in [0.2, 0.25) is 0 Å². The molecular formula is C23H28N2. The Labute approximate surface area is 151 Å². The number of hydrogen-bond donors (Lipinski definition) is 0. The molecule has 0 amide bonds. The first-order valence-corrected chi connectivity index (χ1v) is 9.40. The molecule has 2 nitrogen and oxygen atoms in total. The molecule has 2 aromatic carbocycles. The first-order chi connectivity index (χ1) is 12.2. The topological polar surface area (TPSA) is 17.8 Å². The minimum atomic E-state index is 1.00. The van der Waals surface area contributed by atoms with Gasteiger partial charge in [0.25, 0.3) is 0 Å². The highest BCUT2D eigenvalue weighted by molar-refractivity contribution is 5.61. The Balaban J connectivity index is 1.90. The van der Waals surface area contributed by atoms with Gasteiger partial charge in [0, 0.05) is 18.0 Å². The fourth-order valence-corrected chi connectivity index (χ4v) is 3.61. The molecule has 0 bridgehead atoms. The number of nitrogens with zero attached hydrogens (tertiary/aromatic N) is 2. The molecule has 130 valence electrons. The largest absolute Gasteiger partial charge is 0.299 e. The van der Waals surface area contributed by atoms with Crippen molar-refractivity contribution in [3.8, 4) is 17.1 Å². The van der Waals surface area contributed by atoms with E-state index in [0.29, 0.717) is 0 Å². The summed E-state index contributed by atoms with van der Waals surface area (Å²) in [6.45, 7) is 6.69. The van der Waals surface area contributed by atoms with Crippen LogP contribution in [0.5, 0.6) is 0 Å². The van der Waals surface area contributed by atoms with E-state index in [9.17, 15) is 0 Å². The van der Waals surface area contributed by atoms with E-state index in [-0.39, 0.29) is 0 Å². The molecule has 0 saturated heterocycles. The molecule has 0 saturated carbocycles. The van der Waals surface area contributed by atoms with Gasteiger partial charge in [0.15, 0.2) is 0 Å². The second kappa shape index (κ2) is 8.15. The summed E-state index contributed by atoms with van der Waals surface area (Å²) in [6.07, 6.45) is 10.4. The van der Waals surface area contributed by atoms with Crippen LogP contribution in [0.1, 0.15) is 49.3 Å². The van der Waals surface area contributed by atoms with Gasteiger partial charge in [-0.3, -0.25) is 4.57 Å². The highest BCUT2D eigenvalue weighted by Crippen LogP contribution is 2.27. The summed E-state index contributed by atoms with van der Waals surface area (Å²) in [6, 6.07) is 15.1. The molecule has 0 N–H and O–H groups in total. The summed E-state index contributed by atoms with van der Waals surface area (Å²) in [5, 5.41) is 0. The van der Waals surface area contributed by atoms with Crippen LogP contribution in [0.4, 0.5) is 0 Å². The van der Waals surface area contributed by atoms with Crippen molar-refractivity contribution in [3.05, 3.63) is 71.5 Å². The lowest BCUT2D eigenvalue weighted by Crippen LogP contribution is -2.03. The second-order valence-corrected chi connectivity index (χ2v) is 6.88. The number of aromatic nitrogens is 2. The van der Waals surface area contributed by atoms with Crippen molar-refractivity contribution in [2.45, 2.75) is 52.9 Å². The number of unbranched alkanes of at least 4 members (excludes halogenated alkanes) is 3. The minimum Gasteiger partial charge on any atom is -0.299 e. The fourth-order valence-electron chi connectivity index (χ4n) is 3.61. The molecule has 0 aliphatic carbocycles. The molecule has 25 heavy (non-hydrogen) atoms. The van der Waals surface area contributed by atoms with Crippen molar-refractivity contribution < 1.29 is 0 Å². The van der Waals surface area contributed by atoms with Crippen LogP contribution in [0, 0.1) is 13.8 Å². The zero-order chi connectivity index (χ0) is 17.6. The van der Waals surface area contributed by atoms with Gasteiger partial charge < -0.3 is 0 Å². The standard InChI is InChI=1S/C23H28N2/c1-4-5-6-8-11-20-16-18(2)22(19(3)17-20)25-15-14-24-23(25)21-12-9-7-10-13-21/h7,9-10,12-17H,4-6,8,11H2,1-3H3. The fraction of sp³-hybridized carbons (Fsp3) is 0.348. The SMILES string of the molecule is CCCCCCc1cc(C)c(-n2ccnc2-c2ccccc2)c(C)c1. The van der Waals surface area contributed by atoms with Crippen LogP contribution in [-0.4, -0.2) is 9.55 Å².